The molecule has 0 radical (unpaired) electrons. The van der Waals surface area contributed by atoms with Crippen molar-refractivity contribution in [1.82, 2.24) is 68.3 Å². The van der Waals surface area contributed by atoms with E-state index in [0.29, 0.717) is 44.1 Å². The topological polar surface area (TPSA) is 581 Å². The van der Waals surface area contributed by atoms with Crippen LogP contribution in [-0.4, -0.2) is 228 Å². The normalized spacial score (nSPS) is 25.2. The van der Waals surface area contributed by atoms with Crippen LogP contribution in [0.4, 0.5) is 23.1 Å². The first-order valence-electron chi connectivity index (χ1n) is 24.9. The molecule has 460 valence electrons. The fraction of sp³-hybridized carbons (Fsp3) is 0.523. The Bertz CT molecular complexity index is 3800. The Labute approximate surface area is 474 Å². The predicted octanol–water partition coefficient (Wildman–Crippen LogP) is -6.39. The maximum atomic E-state index is 11.9. The van der Waals surface area contributed by atoms with Crippen molar-refractivity contribution in [1.29, 1.82) is 0 Å². The summed E-state index contributed by atoms with van der Waals surface area (Å²) in [6.07, 6.45) is -4.22. The van der Waals surface area contributed by atoms with Crippen LogP contribution in [0.5, 0.6) is 0 Å². The first kappa shape index (κ1) is 62.6. The number of rotatable bonds is 14. The third-order valence-electron chi connectivity index (χ3n) is 12.9. The van der Waals surface area contributed by atoms with E-state index in [4.69, 9.17) is 60.0 Å². The second kappa shape index (κ2) is 25.4. The number of carbonyl (C=O) groups excluding carboxylic acids is 2. The van der Waals surface area contributed by atoms with E-state index in [1.807, 2.05) is 0 Å². The van der Waals surface area contributed by atoms with Crippen molar-refractivity contribution in [2.45, 2.75) is 119 Å². The van der Waals surface area contributed by atoms with Gasteiger partial charge in [-0.15, -0.1) is 5.10 Å². The smallest absolute Gasteiger partial charge is 0.350 e. The van der Waals surface area contributed by atoms with Crippen LogP contribution in [0.3, 0.4) is 0 Å². The number of cyclic esters (lactones) is 1. The lowest BCUT2D eigenvalue weighted by Gasteiger charge is -2.25. The predicted molar refractivity (Wildman–Crippen MR) is 279 cm³/mol. The highest BCUT2D eigenvalue weighted by Gasteiger charge is 2.57. The lowest BCUT2D eigenvalue weighted by Crippen LogP contribution is -2.43. The first-order chi connectivity index (χ1) is 40.1. The molecule has 11 rings (SSSR count). The molecule has 4 aliphatic heterocycles. The van der Waals surface area contributed by atoms with Crippen LogP contribution in [0, 0.1) is 10.1 Å². The maximum absolute atomic E-state index is 11.9. The average Bonchev–Trinajstić information content (AvgIpc) is 1.75. The molecule has 0 spiro atoms. The number of anilines is 3. The number of esters is 2. The summed E-state index contributed by atoms with van der Waals surface area (Å²) in [5, 5.41) is 85.5. The van der Waals surface area contributed by atoms with Gasteiger partial charge in [0.15, 0.2) is 59.1 Å². The number of imidazole rings is 3. The molecule has 41 heteroatoms. The van der Waals surface area contributed by atoms with Crippen LogP contribution < -0.4 is 28.5 Å². The summed E-state index contributed by atoms with van der Waals surface area (Å²) in [7, 11) is -3.66. The Morgan fingerprint density at radius 2 is 1.52 bits per heavy atom. The number of H-pyrrole nitrogens is 1. The summed E-state index contributed by atoms with van der Waals surface area (Å²) >= 11 is 0. The molecule has 7 unspecified atom stereocenters. The number of hydrogen-bond donors (Lipinski definition) is 11. The molecule has 0 bridgehead atoms. The molecule has 0 amide bonds. The number of ether oxygens (including phenoxy) is 6. The summed E-state index contributed by atoms with van der Waals surface area (Å²) < 4.78 is 64.3. The van der Waals surface area contributed by atoms with Crippen molar-refractivity contribution in [3.8, 4) is 0 Å². The van der Waals surface area contributed by atoms with E-state index in [2.05, 4.69) is 45.1 Å². The van der Waals surface area contributed by atoms with Gasteiger partial charge in [-0.3, -0.25) is 38.0 Å². The van der Waals surface area contributed by atoms with E-state index in [1.54, 1.807) is 28.0 Å². The lowest BCUT2D eigenvalue weighted by molar-refractivity contribution is -0.387. The van der Waals surface area contributed by atoms with Gasteiger partial charge in [0, 0.05) is 6.92 Å². The molecule has 7 aromatic heterocycles. The van der Waals surface area contributed by atoms with Crippen LogP contribution in [0.1, 0.15) is 33.2 Å². The van der Waals surface area contributed by atoms with Gasteiger partial charge in [-0.25, -0.2) is 44.5 Å². The van der Waals surface area contributed by atoms with Gasteiger partial charge < -0.3 is 90.5 Å². The molecule has 14 N–H and O–H groups in total. The molecule has 13 atom stereocenters. The number of aromatic nitrogens is 14. The van der Waals surface area contributed by atoms with E-state index in [0.717, 1.165) is 13.2 Å². The highest BCUT2D eigenvalue weighted by molar-refractivity contribution is 7.86. The van der Waals surface area contributed by atoms with Crippen molar-refractivity contribution in [3.05, 3.63) is 75.0 Å². The summed E-state index contributed by atoms with van der Waals surface area (Å²) in [4.78, 5) is 85.3. The number of nitrogens with two attached hydrogens (primary N) is 3. The molecule has 4 saturated heterocycles. The summed E-state index contributed by atoms with van der Waals surface area (Å²) in [5.41, 5.74) is 16.8. The molecule has 40 nitrogen and oxygen atoms in total. The number of fused-ring (bicyclic) bond motifs is 4. The number of aliphatic hydroxyl groups is 7. The fourth-order valence-corrected chi connectivity index (χ4v) is 9.63. The van der Waals surface area contributed by atoms with E-state index < -0.39 is 143 Å². The Morgan fingerprint density at radius 3 is 2.15 bits per heavy atom. The second-order valence-corrected chi connectivity index (χ2v) is 21.0. The maximum Gasteiger partial charge on any atom is 0.350 e. The summed E-state index contributed by atoms with van der Waals surface area (Å²) in [6, 6.07) is 0. The van der Waals surface area contributed by atoms with Gasteiger partial charge in [-0.2, -0.15) is 13.5 Å². The number of nitrogens with one attached hydrogen (secondary N) is 1. The molecule has 4 aliphatic rings. The zero-order valence-corrected chi connectivity index (χ0v) is 45.6. The van der Waals surface area contributed by atoms with Crippen molar-refractivity contribution in [3.63, 3.8) is 0 Å². The van der Waals surface area contributed by atoms with Crippen molar-refractivity contribution >= 4 is 78.6 Å². The number of aromatic amines is 1. The van der Waals surface area contributed by atoms with Crippen molar-refractivity contribution in [2.75, 3.05) is 43.3 Å². The highest BCUT2D eigenvalue weighted by atomic mass is 32.2. The van der Waals surface area contributed by atoms with Crippen LogP contribution >= 0.6 is 0 Å². The molecule has 0 saturated carbocycles. The van der Waals surface area contributed by atoms with Gasteiger partial charge in [-0.1, -0.05) is 0 Å². The quantitative estimate of drug-likeness (QED) is 0.0209. The molecule has 11 heterocycles. The molecule has 85 heavy (non-hydrogen) atoms. The second-order valence-electron chi connectivity index (χ2n) is 19.4. The average molecular weight is 1220 g/mol. The van der Waals surface area contributed by atoms with E-state index in [9.17, 15) is 63.2 Å². The number of aliphatic hydroxyl groups excluding tert-OH is 7. The largest absolute Gasteiger partial charge is 0.457 e. The Balaban J connectivity index is 0.000000148. The highest BCUT2D eigenvalue weighted by Crippen LogP contribution is 2.41. The molecular formula is C44H56N18O22S. The number of nitrogens with zero attached hydrogens (tertiary/aromatic N) is 14. The van der Waals surface area contributed by atoms with Gasteiger partial charge in [0.1, 0.15) is 84.4 Å². The van der Waals surface area contributed by atoms with E-state index >= 15 is 0 Å². The zero-order chi connectivity index (χ0) is 62.0. The molecule has 0 aromatic carbocycles. The van der Waals surface area contributed by atoms with Gasteiger partial charge in [0.25, 0.3) is 10.1 Å². The van der Waals surface area contributed by atoms with Crippen LogP contribution in [-0.2, 0) is 65.4 Å². The minimum atomic E-state index is -3.66. The SMILES string of the molecule is CC(=O)O[C@H](CO)[C@H](O)C(O)Cn1cnc2c(N)nncc21.CC1(C)OC2C(=O)O[C@@H](n3cnc4c(N)ncnc43)C2O1.CS(=O)(=O)OC1CO[C@@H](Cn2cnc3c(N)ncnc32)C1O.O=c1[nH]c(=O)n([C@@H]2O[C@H](CO)C(O)C2O)cc1[N+](=O)[O-]. The molecular weight excluding hydrogens is 1160 g/mol. The number of hydrogen-bond acceptors (Lipinski definition) is 34. The number of nitrogen functional groups attached to an aromatic ring is 3. The van der Waals surface area contributed by atoms with Gasteiger partial charge in [0.05, 0.1) is 74.7 Å². The summed E-state index contributed by atoms with van der Waals surface area (Å²) in [5.74, 6) is -1.28. The summed E-state index contributed by atoms with van der Waals surface area (Å²) in [6.45, 7) is 3.59. The van der Waals surface area contributed by atoms with Gasteiger partial charge in [-0.05, 0) is 13.8 Å². The van der Waals surface area contributed by atoms with Crippen LogP contribution in [0.2, 0.25) is 0 Å². The van der Waals surface area contributed by atoms with Crippen molar-refractivity contribution in [2.24, 2.45) is 0 Å². The molecule has 0 aliphatic carbocycles. The molecule has 4 fully saturated rings. The third-order valence-corrected chi connectivity index (χ3v) is 13.5. The number of carbonyl (C=O) groups is 2. The zero-order valence-electron chi connectivity index (χ0n) is 44.7. The monoisotopic (exact) mass is 1220 g/mol. The Hall–Kier alpha value is -8.46. The Morgan fingerprint density at radius 1 is 0.871 bits per heavy atom. The lowest BCUT2D eigenvalue weighted by atomic mass is 10.1. The van der Waals surface area contributed by atoms with Gasteiger partial charge >= 0.3 is 28.9 Å². The first-order valence-corrected chi connectivity index (χ1v) is 26.7. The van der Waals surface area contributed by atoms with Crippen molar-refractivity contribution < 1.29 is 91.3 Å². The van der Waals surface area contributed by atoms with Crippen LogP contribution in [0.25, 0.3) is 33.4 Å². The standard InChI is InChI=1S/C12H17N5O5.C12H13N5O4.C11H15N5O5S.C9H11N3O8/c1-6(19)22-9(4-18)11(21)8(20)3-17-5-14-10-7(17)2-15-16-12(10)13;1-12(2)20-6-7(21-12)11(18)19-10(6)17-4-16-5-8(13)14-3-15-9(5)17;1-22(18,19)21-7-3-20-6(9(7)17)2-16-5-15-8-10(12)13-4-14-11(8)16;13-2-4-5(14)6(15)8(20-4)11-1-3(12(18)19)7(16)10-9(11)17/h2,5,8-9,11,18,20-21H,3-4H2,1H3,(H2,13,16);3-4,6-7,10H,1-2H3,(H2,13,14,15);4-7,9,17H,2-3H2,1H3,(H2,12,13,14);1,4-6,8,13-15H,2H2,(H,10,16,17)/t8?,9-,11-;6?,7?,10-;6-,7?,9?;4-,5?,6?,8-/m1101/s1. The minimum absolute atomic E-state index is 0.0113. The van der Waals surface area contributed by atoms with E-state index in [-0.39, 0.29) is 37.1 Å². The third kappa shape index (κ3) is 13.7. The molecule has 7 aromatic rings. The van der Waals surface area contributed by atoms with Gasteiger partial charge in [0.2, 0.25) is 6.23 Å². The minimum Gasteiger partial charge on any atom is -0.457 e. The van der Waals surface area contributed by atoms with E-state index in [1.165, 1.54) is 42.4 Å². The fourth-order valence-electron chi connectivity index (χ4n) is 9.01. The van der Waals surface area contributed by atoms with Crippen LogP contribution in [0.15, 0.2) is 53.6 Å². The Kier molecular flexibility index (Phi) is 18.7. The number of nitro groups is 1.